The van der Waals surface area contributed by atoms with Gasteiger partial charge in [-0.25, -0.2) is 0 Å². The van der Waals surface area contributed by atoms with Crippen molar-refractivity contribution in [2.24, 2.45) is 5.92 Å². The molecular weight excluding hydrogens is 216 g/mol. The molecule has 0 saturated carbocycles. The highest BCUT2D eigenvalue weighted by Gasteiger charge is 2.12. The minimum absolute atomic E-state index is 0.178. The smallest absolute Gasteiger partial charge is 0.313 e. The van der Waals surface area contributed by atoms with Gasteiger partial charge in [0.25, 0.3) is 0 Å². The minimum Gasteiger partial charge on any atom is -0.465 e. The number of carbonyl (C=O) groups is 2. The molecular formula is C14H18O3. The van der Waals surface area contributed by atoms with E-state index in [1.165, 1.54) is 0 Å². The lowest BCUT2D eigenvalue weighted by Crippen LogP contribution is -2.13. The van der Waals surface area contributed by atoms with Gasteiger partial charge < -0.3 is 4.74 Å². The van der Waals surface area contributed by atoms with Crippen LogP contribution >= 0.6 is 0 Å². The van der Waals surface area contributed by atoms with Gasteiger partial charge in [0.05, 0.1) is 6.61 Å². The highest BCUT2D eigenvalue weighted by Crippen LogP contribution is 2.05. The standard InChI is InChI=1S/C14H18O3/c1-11(2)8-9-17-14(16)10-13(15)12-6-4-3-5-7-12/h3-7,11H,8-10H2,1-2H3. The number of esters is 1. The van der Waals surface area contributed by atoms with Crippen molar-refractivity contribution in [1.82, 2.24) is 0 Å². The predicted molar refractivity (Wildman–Crippen MR) is 65.8 cm³/mol. The molecule has 3 heteroatoms. The molecule has 92 valence electrons. The van der Waals surface area contributed by atoms with Crippen LogP contribution in [0.2, 0.25) is 0 Å². The summed E-state index contributed by atoms with van der Waals surface area (Å²) in [5, 5.41) is 0. The van der Waals surface area contributed by atoms with E-state index in [4.69, 9.17) is 4.74 Å². The lowest BCUT2D eigenvalue weighted by Gasteiger charge is -2.06. The molecule has 0 radical (unpaired) electrons. The molecule has 3 nitrogen and oxygen atoms in total. The molecule has 0 aromatic heterocycles. The maximum Gasteiger partial charge on any atom is 0.313 e. The Morgan fingerprint density at radius 2 is 1.82 bits per heavy atom. The highest BCUT2D eigenvalue weighted by atomic mass is 16.5. The predicted octanol–water partition coefficient (Wildman–Crippen LogP) is 2.85. The van der Waals surface area contributed by atoms with Crippen molar-refractivity contribution in [3.63, 3.8) is 0 Å². The summed E-state index contributed by atoms with van der Waals surface area (Å²) in [7, 11) is 0. The van der Waals surface area contributed by atoms with Gasteiger partial charge in [0, 0.05) is 5.56 Å². The van der Waals surface area contributed by atoms with E-state index >= 15 is 0 Å². The van der Waals surface area contributed by atoms with Gasteiger partial charge in [-0.2, -0.15) is 0 Å². The fourth-order valence-electron chi connectivity index (χ4n) is 1.32. The van der Waals surface area contributed by atoms with Crippen LogP contribution in [0.15, 0.2) is 30.3 Å². The van der Waals surface area contributed by atoms with E-state index < -0.39 is 5.97 Å². The maximum atomic E-state index is 11.7. The third kappa shape index (κ3) is 5.29. The zero-order valence-electron chi connectivity index (χ0n) is 10.3. The summed E-state index contributed by atoms with van der Waals surface area (Å²) in [6.07, 6.45) is 0.646. The Morgan fingerprint density at radius 3 is 2.41 bits per heavy atom. The van der Waals surface area contributed by atoms with E-state index in [-0.39, 0.29) is 12.2 Å². The van der Waals surface area contributed by atoms with Crippen molar-refractivity contribution < 1.29 is 14.3 Å². The first-order valence-corrected chi connectivity index (χ1v) is 5.83. The fourth-order valence-corrected chi connectivity index (χ4v) is 1.32. The lowest BCUT2D eigenvalue weighted by molar-refractivity contribution is -0.142. The van der Waals surface area contributed by atoms with Crippen molar-refractivity contribution >= 4 is 11.8 Å². The Hall–Kier alpha value is -1.64. The number of Topliss-reactive ketones (excluding diaryl/α,β-unsaturated/α-hetero) is 1. The first-order chi connectivity index (χ1) is 8.09. The number of carbonyl (C=O) groups excluding carboxylic acids is 2. The molecule has 17 heavy (non-hydrogen) atoms. The molecule has 0 saturated heterocycles. The molecule has 0 N–H and O–H groups in total. The molecule has 0 aliphatic rings. The minimum atomic E-state index is -0.445. The fraction of sp³-hybridized carbons (Fsp3) is 0.429. The van der Waals surface area contributed by atoms with Gasteiger partial charge in [-0.1, -0.05) is 44.2 Å². The van der Waals surface area contributed by atoms with Crippen molar-refractivity contribution in [3.05, 3.63) is 35.9 Å². The quantitative estimate of drug-likeness (QED) is 0.432. The Bertz CT molecular complexity index is 368. The van der Waals surface area contributed by atoms with Gasteiger partial charge in [-0.05, 0) is 12.3 Å². The van der Waals surface area contributed by atoms with Crippen LogP contribution in [0.1, 0.15) is 37.0 Å². The van der Waals surface area contributed by atoms with Crippen LogP contribution < -0.4 is 0 Å². The zero-order chi connectivity index (χ0) is 12.7. The summed E-state index contributed by atoms with van der Waals surface area (Å²) < 4.78 is 4.99. The second kappa shape index (κ2) is 6.84. The average Bonchev–Trinajstić information content (AvgIpc) is 2.29. The molecule has 1 rings (SSSR count). The van der Waals surface area contributed by atoms with E-state index in [1.807, 2.05) is 6.07 Å². The van der Waals surface area contributed by atoms with Crippen LogP contribution in [-0.2, 0) is 9.53 Å². The highest BCUT2D eigenvalue weighted by molar-refractivity contribution is 6.05. The molecule has 1 aromatic carbocycles. The number of ether oxygens (including phenoxy) is 1. The summed E-state index contributed by atoms with van der Waals surface area (Å²) in [5.41, 5.74) is 0.549. The molecule has 0 spiro atoms. The Labute approximate surface area is 102 Å². The molecule has 0 aliphatic carbocycles. The van der Waals surface area contributed by atoms with Crippen molar-refractivity contribution in [2.75, 3.05) is 6.61 Å². The topological polar surface area (TPSA) is 43.4 Å². The molecule has 1 aromatic rings. The van der Waals surface area contributed by atoms with Crippen LogP contribution in [0.4, 0.5) is 0 Å². The zero-order valence-corrected chi connectivity index (χ0v) is 10.3. The Kier molecular flexibility index (Phi) is 5.40. The number of hydrogen-bond acceptors (Lipinski definition) is 3. The van der Waals surface area contributed by atoms with Crippen LogP contribution in [0.5, 0.6) is 0 Å². The molecule has 0 aliphatic heterocycles. The average molecular weight is 234 g/mol. The number of benzene rings is 1. The van der Waals surface area contributed by atoms with Crippen molar-refractivity contribution in [3.8, 4) is 0 Å². The van der Waals surface area contributed by atoms with E-state index in [9.17, 15) is 9.59 Å². The summed E-state index contributed by atoms with van der Waals surface area (Å²) in [6.45, 7) is 4.50. The largest absolute Gasteiger partial charge is 0.465 e. The van der Waals surface area contributed by atoms with Gasteiger partial charge in [0.1, 0.15) is 6.42 Å². The number of rotatable bonds is 6. The summed E-state index contributed by atoms with van der Waals surface area (Å²) in [4.78, 5) is 23.0. The van der Waals surface area contributed by atoms with E-state index in [0.29, 0.717) is 18.1 Å². The van der Waals surface area contributed by atoms with Gasteiger partial charge in [0.15, 0.2) is 5.78 Å². The first kappa shape index (κ1) is 13.4. The van der Waals surface area contributed by atoms with Crippen molar-refractivity contribution in [2.45, 2.75) is 26.7 Å². The van der Waals surface area contributed by atoms with Crippen LogP contribution in [0.25, 0.3) is 0 Å². The molecule has 0 bridgehead atoms. The van der Waals surface area contributed by atoms with Crippen LogP contribution in [-0.4, -0.2) is 18.4 Å². The molecule has 0 amide bonds. The monoisotopic (exact) mass is 234 g/mol. The van der Waals surface area contributed by atoms with Crippen molar-refractivity contribution in [1.29, 1.82) is 0 Å². The van der Waals surface area contributed by atoms with E-state index in [0.717, 1.165) is 6.42 Å². The molecule has 0 atom stereocenters. The third-order valence-electron chi connectivity index (χ3n) is 2.36. The second-order valence-electron chi connectivity index (χ2n) is 4.37. The maximum absolute atomic E-state index is 11.7. The normalized spacial score (nSPS) is 10.3. The van der Waals surface area contributed by atoms with E-state index in [2.05, 4.69) is 13.8 Å². The van der Waals surface area contributed by atoms with Gasteiger partial charge in [-0.3, -0.25) is 9.59 Å². The second-order valence-corrected chi connectivity index (χ2v) is 4.37. The van der Waals surface area contributed by atoms with Crippen LogP contribution in [0, 0.1) is 5.92 Å². The number of ketones is 1. The Morgan fingerprint density at radius 1 is 1.18 bits per heavy atom. The molecule has 0 unspecified atom stereocenters. The summed E-state index contributed by atoms with van der Waals surface area (Å²) in [6, 6.07) is 8.78. The van der Waals surface area contributed by atoms with Crippen LogP contribution in [0.3, 0.4) is 0 Å². The lowest BCUT2D eigenvalue weighted by atomic mass is 10.1. The first-order valence-electron chi connectivity index (χ1n) is 5.83. The Balaban J connectivity index is 2.34. The number of hydrogen-bond donors (Lipinski definition) is 0. The molecule has 0 heterocycles. The third-order valence-corrected chi connectivity index (χ3v) is 2.36. The SMILES string of the molecule is CC(C)CCOC(=O)CC(=O)c1ccccc1. The summed E-state index contributed by atoms with van der Waals surface area (Å²) in [5.74, 6) is -0.146. The van der Waals surface area contributed by atoms with Gasteiger partial charge >= 0.3 is 5.97 Å². The van der Waals surface area contributed by atoms with Gasteiger partial charge in [0.2, 0.25) is 0 Å². The summed E-state index contributed by atoms with van der Waals surface area (Å²) >= 11 is 0. The van der Waals surface area contributed by atoms with Gasteiger partial charge in [-0.15, -0.1) is 0 Å². The van der Waals surface area contributed by atoms with E-state index in [1.54, 1.807) is 24.3 Å². The molecule has 0 fully saturated rings.